The molecule has 90 valence electrons. The number of hydrogen-bond acceptors (Lipinski definition) is 3. The van der Waals surface area contributed by atoms with Gasteiger partial charge in [-0.2, -0.15) is 0 Å². The molecule has 0 spiro atoms. The summed E-state index contributed by atoms with van der Waals surface area (Å²) in [6.07, 6.45) is 2.88. The fourth-order valence-corrected chi connectivity index (χ4v) is 1.39. The van der Waals surface area contributed by atoms with Gasteiger partial charge in [0.1, 0.15) is 11.4 Å². The summed E-state index contributed by atoms with van der Waals surface area (Å²) >= 11 is 3.08. The Morgan fingerprint density at radius 1 is 1.59 bits per heavy atom. The van der Waals surface area contributed by atoms with Crippen molar-refractivity contribution >= 4 is 33.7 Å². The van der Waals surface area contributed by atoms with E-state index >= 15 is 0 Å². The molecule has 0 bridgehead atoms. The Balaban J connectivity index is 3.39. The van der Waals surface area contributed by atoms with Crippen LogP contribution in [0.3, 0.4) is 0 Å². The normalized spacial score (nSPS) is 10.7. The Hall–Kier alpha value is -1.76. The van der Waals surface area contributed by atoms with Gasteiger partial charge in [0.15, 0.2) is 0 Å². The van der Waals surface area contributed by atoms with Crippen molar-refractivity contribution in [1.82, 2.24) is 0 Å². The van der Waals surface area contributed by atoms with Crippen LogP contribution in [0.1, 0.15) is 15.9 Å². The number of carbonyl (C=O) groups is 1. The molecular weight excluding hydrogens is 297 g/mol. The highest BCUT2D eigenvalue weighted by Gasteiger charge is 2.22. The minimum atomic E-state index is -1.54. The van der Waals surface area contributed by atoms with Crippen LogP contribution < -0.4 is 0 Å². The number of aromatic carboxylic acids is 1. The maximum Gasteiger partial charge on any atom is 0.342 e. The van der Waals surface area contributed by atoms with Crippen LogP contribution in [0.2, 0.25) is 0 Å². The molecule has 0 aromatic heterocycles. The molecule has 0 aliphatic rings. The first-order chi connectivity index (χ1) is 7.97. The van der Waals surface area contributed by atoms with Crippen LogP contribution in [-0.2, 0) is 0 Å². The zero-order valence-corrected chi connectivity index (χ0v) is 9.98. The molecule has 1 N–H and O–H groups in total. The van der Waals surface area contributed by atoms with E-state index in [2.05, 4.69) is 15.9 Å². The van der Waals surface area contributed by atoms with Crippen LogP contribution in [0.5, 0.6) is 0 Å². The minimum Gasteiger partial charge on any atom is -0.477 e. The van der Waals surface area contributed by atoms with Crippen molar-refractivity contribution in [2.24, 2.45) is 0 Å². The predicted octanol–water partition coefficient (Wildman–Crippen LogP) is 2.84. The first kappa shape index (κ1) is 13.3. The number of nitrogens with zero attached hydrogens (tertiary/aromatic N) is 1. The van der Waals surface area contributed by atoms with Crippen LogP contribution in [0.25, 0.3) is 6.08 Å². The Morgan fingerprint density at radius 3 is 2.71 bits per heavy atom. The molecule has 0 aliphatic carbocycles. The molecule has 1 aromatic rings. The molecule has 17 heavy (non-hydrogen) atoms. The third-order valence-corrected chi connectivity index (χ3v) is 2.30. The number of benzene rings is 1. The minimum absolute atomic E-state index is 0.0267. The number of nitro groups is 1. The van der Waals surface area contributed by atoms with Gasteiger partial charge in [0.05, 0.1) is 4.92 Å². The van der Waals surface area contributed by atoms with Gasteiger partial charge in [0.2, 0.25) is 0 Å². The summed E-state index contributed by atoms with van der Waals surface area (Å²) in [5.41, 5.74) is -1.32. The van der Waals surface area contributed by atoms with Crippen LogP contribution in [0.4, 0.5) is 10.1 Å². The van der Waals surface area contributed by atoms with Crippen molar-refractivity contribution in [3.8, 4) is 0 Å². The third-order valence-electron chi connectivity index (χ3n) is 1.93. The molecule has 1 aromatic carbocycles. The Labute approximate surface area is 104 Å². The second-order valence-corrected chi connectivity index (χ2v) is 3.66. The zero-order valence-electron chi connectivity index (χ0n) is 8.39. The van der Waals surface area contributed by atoms with E-state index in [0.717, 1.165) is 6.07 Å². The number of allylic oxidation sites excluding steroid dienone is 1. The van der Waals surface area contributed by atoms with Crippen molar-refractivity contribution in [1.29, 1.82) is 0 Å². The number of hydrogen-bond donors (Lipinski definition) is 1. The van der Waals surface area contributed by atoms with Crippen LogP contribution in [-0.4, -0.2) is 21.3 Å². The zero-order chi connectivity index (χ0) is 13.0. The number of carboxylic acid groups (broad SMARTS) is 1. The predicted molar refractivity (Wildman–Crippen MR) is 62.8 cm³/mol. The van der Waals surface area contributed by atoms with Gasteiger partial charge in [-0.15, -0.1) is 0 Å². The molecule has 0 amide bonds. The Morgan fingerprint density at radius 2 is 2.24 bits per heavy atom. The largest absolute Gasteiger partial charge is 0.477 e. The van der Waals surface area contributed by atoms with E-state index in [0.29, 0.717) is 11.4 Å². The second kappa shape index (κ2) is 5.53. The molecule has 0 heterocycles. The summed E-state index contributed by atoms with van der Waals surface area (Å²) < 4.78 is 13.4. The number of nitro benzene ring substituents is 1. The third kappa shape index (κ3) is 3.10. The summed E-state index contributed by atoms with van der Waals surface area (Å²) in [7, 11) is 0. The summed E-state index contributed by atoms with van der Waals surface area (Å²) in [5, 5.41) is 19.8. The molecular formula is C10H7BrFNO4. The maximum atomic E-state index is 13.4. The average Bonchev–Trinajstić information content (AvgIpc) is 2.26. The van der Waals surface area contributed by atoms with E-state index in [1.54, 1.807) is 6.08 Å². The summed E-state index contributed by atoms with van der Waals surface area (Å²) in [4.78, 5) is 20.5. The van der Waals surface area contributed by atoms with Crippen LogP contribution in [0, 0.1) is 15.9 Å². The van der Waals surface area contributed by atoms with Crippen LogP contribution >= 0.6 is 15.9 Å². The smallest absolute Gasteiger partial charge is 0.342 e. The quantitative estimate of drug-likeness (QED) is 0.527. The highest BCUT2D eigenvalue weighted by atomic mass is 79.9. The maximum absolute atomic E-state index is 13.4. The standard InChI is InChI=1S/C10H7BrFNO4/c11-3-1-2-6-4-9(13(16)17)7(10(14)15)5-8(6)12/h1-2,4-5H,3H2,(H,14,15). The number of rotatable bonds is 4. The van der Waals surface area contributed by atoms with E-state index in [1.807, 2.05) is 0 Å². The summed E-state index contributed by atoms with van der Waals surface area (Å²) in [6.45, 7) is 0. The van der Waals surface area contributed by atoms with Crippen LogP contribution in [0.15, 0.2) is 18.2 Å². The molecule has 0 unspecified atom stereocenters. The highest BCUT2D eigenvalue weighted by Crippen LogP contribution is 2.24. The Bertz CT molecular complexity index is 501. The van der Waals surface area contributed by atoms with Gasteiger partial charge < -0.3 is 5.11 Å². The van der Waals surface area contributed by atoms with E-state index in [-0.39, 0.29) is 5.56 Å². The SMILES string of the molecule is O=C(O)c1cc(F)c(C=CCBr)cc1[N+](=O)[O-]. The van der Waals surface area contributed by atoms with Crippen molar-refractivity contribution in [2.75, 3.05) is 5.33 Å². The molecule has 0 atom stereocenters. The number of carboxylic acids is 1. The van der Waals surface area contributed by atoms with Crippen molar-refractivity contribution in [2.45, 2.75) is 0 Å². The molecule has 0 saturated carbocycles. The average molecular weight is 304 g/mol. The van der Waals surface area contributed by atoms with Crippen molar-refractivity contribution < 1.29 is 19.2 Å². The van der Waals surface area contributed by atoms with E-state index in [9.17, 15) is 19.3 Å². The topological polar surface area (TPSA) is 80.4 Å². The lowest BCUT2D eigenvalue weighted by molar-refractivity contribution is -0.385. The van der Waals surface area contributed by atoms with Gasteiger partial charge in [-0.1, -0.05) is 28.1 Å². The molecule has 7 heteroatoms. The molecule has 1 rings (SSSR count). The van der Waals surface area contributed by atoms with Crippen molar-refractivity contribution in [3.63, 3.8) is 0 Å². The molecule has 0 aliphatic heterocycles. The Kier molecular flexibility index (Phi) is 4.33. The number of alkyl halides is 1. The first-order valence-corrected chi connectivity index (χ1v) is 5.53. The van der Waals surface area contributed by atoms with Gasteiger partial charge in [-0.25, -0.2) is 9.18 Å². The fraction of sp³-hybridized carbons (Fsp3) is 0.100. The lowest BCUT2D eigenvalue weighted by Crippen LogP contribution is -2.04. The van der Waals surface area contributed by atoms with E-state index < -0.39 is 28.0 Å². The number of halogens is 2. The van der Waals surface area contributed by atoms with Gasteiger partial charge >= 0.3 is 5.97 Å². The molecule has 5 nitrogen and oxygen atoms in total. The lowest BCUT2D eigenvalue weighted by atomic mass is 10.1. The summed E-state index contributed by atoms with van der Waals surface area (Å²) in [6, 6.07) is 1.55. The van der Waals surface area contributed by atoms with Gasteiger partial charge in [0.25, 0.3) is 5.69 Å². The highest BCUT2D eigenvalue weighted by molar-refractivity contribution is 9.09. The first-order valence-electron chi connectivity index (χ1n) is 4.41. The van der Waals surface area contributed by atoms with E-state index in [1.165, 1.54) is 6.08 Å². The summed E-state index contributed by atoms with van der Waals surface area (Å²) in [5.74, 6) is -2.35. The monoisotopic (exact) mass is 303 g/mol. The lowest BCUT2D eigenvalue weighted by Gasteiger charge is -2.01. The molecule has 0 saturated heterocycles. The fourth-order valence-electron chi connectivity index (χ4n) is 1.20. The second-order valence-electron chi connectivity index (χ2n) is 3.01. The van der Waals surface area contributed by atoms with Gasteiger partial charge in [0, 0.05) is 17.0 Å². The van der Waals surface area contributed by atoms with Gasteiger partial charge in [-0.3, -0.25) is 10.1 Å². The molecule has 0 fully saturated rings. The molecule has 0 radical (unpaired) electrons. The van der Waals surface area contributed by atoms with Gasteiger partial charge in [-0.05, 0) is 6.07 Å². The van der Waals surface area contributed by atoms with E-state index in [4.69, 9.17) is 5.11 Å². The van der Waals surface area contributed by atoms with Crippen molar-refractivity contribution in [3.05, 3.63) is 45.3 Å².